The molecule has 0 radical (unpaired) electrons. The Kier molecular flexibility index (Phi) is 4.85. The van der Waals surface area contributed by atoms with Crippen molar-refractivity contribution in [3.05, 3.63) is 71.9 Å². The normalized spacial score (nSPS) is 10.9. The summed E-state index contributed by atoms with van der Waals surface area (Å²) in [6.45, 7) is 0. The summed E-state index contributed by atoms with van der Waals surface area (Å²) in [4.78, 5) is 19.8. The van der Waals surface area contributed by atoms with Crippen LogP contribution in [0, 0.1) is 17.5 Å². The summed E-state index contributed by atoms with van der Waals surface area (Å²) in [5.74, 6) is -3.47. The third-order valence-corrected chi connectivity index (χ3v) is 5.01. The van der Waals surface area contributed by atoms with Crippen molar-refractivity contribution in [3.8, 4) is 22.0 Å². The Balaban J connectivity index is 1.60. The Morgan fingerprint density at radius 1 is 1.07 bits per heavy atom. The predicted molar refractivity (Wildman–Crippen MR) is 102 cm³/mol. The fourth-order valence-corrected chi connectivity index (χ4v) is 3.58. The maximum Gasteiger partial charge on any atom is 0.262 e. The molecule has 3 heterocycles. The summed E-state index contributed by atoms with van der Waals surface area (Å²) >= 11 is 1.09. The first-order valence-corrected chi connectivity index (χ1v) is 9.11. The maximum atomic E-state index is 14.0. The molecular weight excluding hydrogens is 403 g/mol. The third kappa shape index (κ3) is 3.61. The molecule has 0 aliphatic heterocycles. The van der Waals surface area contributed by atoms with Gasteiger partial charge in [-0.2, -0.15) is 5.10 Å². The molecule has 10 heteroatoms. The van der Waals surface area contributed by atoms with E-state index in [4.69, 9.17) is 0 Å². The summed E-state index contributed by atoms with van der Waals surface area (Å²) < 4.78 is 43.0. The fourth-order valence-electron chi connectivity index (χ4n) is 2.72. The molecule has 0 fully saturated rings. The van der Waals surface area contributed by atoms with Gasteiger partial charge in [0, 0.05) is 12.6 Å². The highest BCUT2D eigenvalue weighted by atomic mass is 32.1. The van der Waals surface area contributed by atoms with Gasteiger partial charge in [0.2, 0.25) is 0 Å². The Hall–Kier alpha value is -3.53. The number of halogens is 3. The van der Waals surface area contributed by atoms with E-state index in [-0.39, 0.29) is 5.00 Å². The molecule has 0 saturated carbocycles. The van der Waals surface area contributed by atoms with E-state index in [2.05, 4.69) is 20.4 Å². The first-order valence-electron chi connectivity index (χ1n) is 8.29. The largest absolute Gasteiger partial charge is 0.312 e. The van der Waals surface area contributed by atoms with Crippen molar-refractivity contribution in [3.63, 3.8) is 0 Å². The molecule has 29 heavy (non-hydrogen) atoms. The van der Waals surface area contributed by atoms with Gasteiger partial charge in [0.05, 0.1) is 30.0 Å². The van der Waals surface area contributed by atoms with Gasteiger partial charge in [-0.1, -0.05) is 23.5 Å². The van der Waals surface area contributed by atoms with Gasteiger partial charge < -0.3 is 5.32 Å². The van der Waals surface area contributed by atoms with E-state index >= 15 is 0 Å². The molecule has 1 amide bonds. The molecule has 1 N–H and O–H groups in total. The number of aromatic nitrogens is 4. The Labute approximate surface area is 166 Å². The maximum absolute atomic E-state index is 14.0. The van der Waals surface area contributed by atoms with Crippen LogP contribution in [0.1, 0.15) is 10.4 Å². The number of nitrogens with zero attached hydrogens (tertiary/aromatic N) is 4. The Morgan fingerprint density at radius 3 is 2.52 bits per heavy atom. The number of nitrogens with one attached hydrogen (secondary N) is 1. The molecular formula is C19H12F3N5OS. The van der Waals surface area contributed by atoms with E-state index in [1.807, 2.05) is 0 Å². The van der Waals surface area contributed by atoms with Gasteiger partial charge in [0.15, 0.2) is 11.6 Å². The zero-order valence-corrected chi connectivity index (χ0v) is 15.7. The highest BCUT2D eigenvalue weighted by Crippen LogP contribution is 2.32. The summed E-state index contributed by atoms with van der Waals surface area (Å²) in [5.41, 5.74) is 0.651. The smallest absolute Gasteiger partial charge is 0.262 e. The zero-order chi connectivity index (χ0) is 20.5. The van der Waals surface area contributed by atoms with E-state index in [0.29, 0.717) is 22.0 Å². The third-order valence-electron chi connectivity index (χ3n) is 4.07. The second-order valence-corrected chi connectivity index (χ2v) is 7.01. The standard InChI is InChI=1S/C19H12F3N5OS/c1-27-15(6-14(26-27)10-4-2-3-5-11(10)20)19-24-9-16(29-19)25-18(28)17-12(21)7-23-8-13(17)22/h2-9H,1H3,(H,25,28). The minimum atomic E-state index is -1.06. The van der Waals surface area contributed by atoms with Crippen LogP contribution in [0.5, 0.6) is 0 Å². The van der Waals surface area contributed by atoms with Crippen LogP contribution in [-0.4, -0.2) is 25.7 Å². The Bertz CT molecular complexity index is 1200. The van der Waals surface area contributed by atoms with Gasteiger partial charge in [0.1, 0.15) is 21.4 Å². The van der Waals surface area contributed by atoms with Gasteiger partial charge in [-0.05, 0) is 18.2 Å². The summed E-state index contributed by atoms with van der Waals surface area (Å²) in [5, 5.41) is 7.51. The number of carbonyl (C=O) groups is 1. The second-order valence-electron chi connectivity index (χ2n) is 5.98. The number of carbonyl (C=O) groups excluding carboxylic acids is 1. The van der Waals surface area contributed by atoms with Crippen molar-refractivity contribution in [1.29, 1.82) is 0 Å². The minimum Gasteiger partial charge on any atom is -0.312 e. The van der Waals surface area contributed by atoms with Gasteiger partial charge in [-0.15, -0.1) is 0 Å². The lowest BCUT2D eigenvalue weighted by Crippen LogP contribution is -2.15. The van der Waals surface area contributed by atoms with Crippen LogP contribution >= 0.6 is 11.3 Å². The van der Waals surface area contributed by atoms with Gasteiger partial charge in [-0.3, -0.25) is 14.5 Å². The topological polar surface area (TPSA) is 72.7 Å². The lowest BCUT2D eigenvalue weighted by atomic mass is 10.1. The van der Waals surface area contributed by atoms with Crippen molar-refractivity contribution in [2.24, 2.45) is 7.05 Å². The van der Waals surface area contributed by atoms with Crippen molar-refractivity contribution < 1.29 is 18.0 Å². The molecule has 146 valence electrons. The monoisotopic (exact) mass is 415 g/mol. The molecule has 0 aliphatic rings. The average Bonchev–Trinajstić information content (AvgIpc) is 3.28. The van der Waals surface area contributed by atoms with Crippen LogP contribution in [-0.2, 0) is 7.05 Å². The van der Waals surface area contributed by atoms with Gasteiger partial charge in [-0.25, -0.2) is 18.2 Å². The fraction of sp³-hybridized carbons (Fsp3) is 0.0526. The van der Waals surface area contributed by atoms with Crippen LogP contribution in [0.15, 0.2) is 48.9 Å². The van der Waals surface area contributed by atoms with Crippen LogP contribution < -0.4 is 5.32 Å². The van der Waals surface area contributed by atoms with Crippen LogP contribution in [0.4, 0.5) is 18.2 Å². The molecule has 0 saturated heterocycles. The number of amides is 1. The molecule has 0 unspecified atom stereocenters. The molecule has 4 aromatic rings. The molecule has 0 spiro atoms. The predicted octanol–water partition coefficient (Wildman–Crippen LogP) is 4.28. The molecule has 3 aromatic heterocycles. The summed E-state index contributed by atoms with van der Waals surface area (Å²) in [7, 11) is 1.68. The molecule has 1 aromatic carbocycles. The summed E-state index contributed by atoms with van der Waals surface area (Å²) in [6.07, 6.45) is 2.89. The lowest BCUT2D eigenvalue weighted by Gasteiger charge is -2.03. The summed E-state index contributed by atoms with van der Waals surface area (Å²) in [6, 6.07) is 7.93. The SMILES string of the molecule is Cn1nc(-c2ccccc2F)cc1-c1ncc(NC(=O)c2c(F)cncc2F)s1. The zero-order valence-electron chi connectivity index (χ0n) is 14.9. The van der Waals surface area contributed by atoms with Crippen LogP contribution in [0.3, 0.4) is 0 Å². The van der Waals surface area contributed by atoms with Crippen LogP contribution in [0.25, 0.3) is 22.0 Å². The van der Waals surface area contributed by atoms with Crippen molar-refractivity contribution in [2.45, 2.75) is 0 Å². The number of rotatable bonds is 4. The highest BCUT2D eigenvalue weighted by Gasteiger charge is 2.20. The molecule has 0 aliphatic carbocycles. The first kappa shape index (κ1) is 18.8. The van der Waals surface area contributed by atoms with Gasteiger partial charge in [0.25, 0.3) is 5.91 Å². The van der Waals surface area contributed by atoms with Crippen molar-refractivity contribution in [1.82, 2.24) is 19.7 Å². The van der Waals surface area contributed by atoms with Crippen molar-refractivity contribution >= 4 is 22.2 Å². The van der Waals surface area contributed by atoms with E-state index in [1.54, 1.807) is 31.3 Å². The molecule has 0 bridgehead atoms. The van der Waals surface area contributed by atoms with E-state index in [1.165, 1.54) is 16.9 Å². The first-order chi connectivity index (χ1) is 13.9. The number of hydrogen-bond donors (Lipinski definition) is 1. The minimum absolute atomic E-state index is 0.286. The molecule has 0 atom stereocenters. The van der Waals surface area contributed by atoms with Gasteiger partial charge >= 0.3 is 0 Å². The number of pyridine rings is 1. The van der Waals surface area contributed by atoms with E-state index in [9.17, 15) is 18.0 Å². The average molecular weight is 415 g/mol. The number of hydrogen-bond acceptors (Lipinski definition) is 5. The van der Waals surface area contributed by atoms with E-state index < -0.39 is 28.9 Å². The van der Waals surface area contributed by atoms with Crippen molar-refractivity contribution in [2.75, 3.05) is 5.32 Å². The number of benzene rings is 1. The quantitative estimate of drug-likeness (QED) is 0.540. The second kappa shape index (κ2) is 7.47. The Morgan fingerprint density at radius 2 is 1.79 bits per heavy atom. The lowest BCUT2D eigenvalue weighted by molar-refractivity contribution is 0.101. The van der Waals surface area contributed by atoms with Crippen LogP contribution in [0.2, 0.25) is 0 Å². The number of aryl methyl sites for hydroxylation is 1. The highest BCUT2D eigenvalue weighted by molar-refractivity contribution is 7.19. The number of thiazole rings is 1. The number of anilines is 1. The molecule has 6 nitrogen and oxygen atoms in total. The molecule has 4 rings (SSSR count). The van der Waals surface area contributed by atoms with E-state index in [0.717, 1.165) is 23.7 Å².